The fraction of sp³-hybridized carbons (Fsp3) is 0.304. The van der Waals surface area contributed by atoms with Gasteiger partial charge in [0.05, 0.1) is 6.04 Å². The fourth-order valence-electron chi connectivity index (χ4n) is 2.76. The van der Waals surface area contributed by atoms with E-state index in [0.29, 0.717) is 17.7 Å². The molecule has 0 fully saturated rings. The summed E-state index contributed by atoms with van der Waals surface area (Å²) in [5, 5.41) is 5.45. The van der Waals surface area contributed by atoms with E-state index in [1.807, 2.05) is 37.3 Å². The molecule has 30 heavy (non-hydrogen) atoms. The van der Waals surface area contributed by atoms with Gasteiger partial charge in [-0.05, 0) is 38.0 Å². The molecule has 1 atom stereocenters. The lowest BCUT2D eigenvalue weighted by Gasteiger charge is -2.14. The normalized spacial score (nSPS) is 11.3. The van der Waals surface area contributed by atoms with Crippen LogP contribution in [0.4, 0.5) is 5.69 Å². The third-order valence-corrected chi connectivity index (χ3v) is 4.38. The van der Waals surface area contributed by atoms with Gasteiger partial charge in [-0.3, -0.25) is 19.2 Å². The van der Waals surface area contributed by atoms with Crippen molar-refractivity contribution < 1.29 is 23.9 Å². The Morgan fingerprint density at radius 2 is 1.67 bits per heavy atom. The Hall–Kier alpha value is -3.48. The molecule has 0 bridgehead atoms. The summed E-state index contributed by atoms with van der Waals surface area (Å²) in [6, 6.07) is 15.9. The smallest absolute Gasteiger partial charge is 0.306 e. The van der Waals surface area contributed by atoms with Crippen molar-refractivity contribution in [1.29, 1.82) is 0 Å². The van der Waals surface area contributed by atoms with E-state index >= 15 is 0 Å². The molecule has 2 rings (SSSR count). The highest BCUT2D eigenvalue weighted by atomic mass is 16.5. The summed E-state index contributed by atoms with van der Waals surface area (Å²) in [7, 11) is 0. The second-order valence-corrected chi connectivity index (χ2v) is 6.90. The zero-order chi connectivity index (χ0) is 21.9. The first-order valence-electron chi connectivity index (χ1n) is 9.76. The number of hydrogen-bond donors (Lipinski definition) is 2. The lowest BCUT2D eigenvalue weighted by atomic mass is 10.1. The summed E-state index contributed by atoms with van der Waals surface area (Å²) in [6.07, 6.45) is 0.443. The van der Waals surface area contributed by atoms with Gasteiger partial charge < -0.3 is 15.4 Å². The summed E-state index contributed by atoms with van der Waals surface area (Å²) < 4.78 is 4.96. The van der Waals surface area contributed by atoms with E-state index in [9.17, 15) is 19.2 Å². The van der Waals surface area contributed by atoms with Gasteiger partial charge in [-0.1, -0.05) is 42.5 Å². The predicted octanol–water partition coefficient (Wildman–Crippen LogP) is 3.42. The molecule has 0 aliphatic rings. The molecule has 7 heteroatoms. The largest absolute Gasteiger partial charge is 0.456 e. The maximum Gasteiger partial charge on any atom is 0.306 e. The maximum atomic E-state index is 12.0. The van der Waals surface area contributed by atoms with Crippen molar-refractivity contribution in [2.45, 2.75) is 39.2 Å². The Kier molecular flexibility index (Phi) is 8.75. The van der Waals surface area contributed by atoms with E-state index < -0.39 is 5.97 Å². The molecule has 0 spiro atoms. The van der Waals surface area contributed by atoms with Crippen LogP contribution in [0.25, 0.3) is 0 Å². The van der Waals surface area contributed by atoms with Crippen LogP contribution in [0.3, 0.4) is 0 Å². The molecule has 2 amide bonds. The van der Waals surface area contributed by atoms with E-state index in [4.69, 9.17) is 4.74 Å². The minimum atomic E-state index is -0.538. The van der Waals surface area contributed by atoms with Gasteiger partial charge in [0, 0.05) is 24.1 Å². The number of Topliss-reactive ketones (excluding diaryl/α,β-unsaturated/α-hetero) is 1. The number of amides is 2. The van der Waals surface area contributed by atoms with Crippen LogP contribution in [0.1, 0.15) is 55.1 Å². The van der Waals surface area contributed by atoms with Gasteiger partial charge in [-0.15, -0.1) is 0 Å². The summed E-state index contributed by atoms with van der Waals surface area (Å²) >= 11 is 0. The predicted molar refractivity (Wildman–Crippen MR) is 113 cm³/mol. The lowest BCUT2D eigenvalue weighted by Crippen LogP contribution is -2.31. The number of nitrogens with one attached hydrogen (secondary N) is 2. The molecular formula is C23H26N2O5. The lowest BCUT2D eigenvalue weighted by molar-refractivity contribution is -0.148. The third-order valence-electron chi connectivity index (χ3n) is 4.38. The van der Waals surface area contributed by atoms with Crippen LogP contribution in [0.2, 0.25) is 0 Å². The molecule has 2 N–H and O–H groups in total. The third kappa shape index (κ3) is 7.87. The number of ether oxygens (including phenoxy) is 1. The molecule has 0 saturated heterocycles. The van der Waals surface area contributed by atoms with Gasteiger partial charge in [-0.25, -0.2) is 0 Å². The first-order valence-corrected chi connectivity index (χ1v) is 9.76. The quantitative estimate of drug-likeness (QED) is 0.462. The van der Waals surface area contributed by atoms with Crippen LogP contribution in [-0.4, -0.2) is 30.2 Å². The Morgan fingerprint density at radius 1 is 0.933 bits per heavy atom. The van der Waals surface area contributed by atoms with E-state index in [2.05, 4.69) is 10.6 Å². The first kappa shape index (κ1) is 22.8. The average molecular weight is 410 g/mol. The van der Waals surface area contributed by atoms with Gasteiger partial charge >= 0.3 is 5.97 Å². The molecule has 0 aromatic heterocycles. The van der Waals surface area contributed by atoms with Crippen LogP contribution in [0.5, 0.6) is 0 Å². The Balaban J connectivity index is 1.64. The van der Waals surface area contributed by atoms with Crippen molar-refractivity contribution in [1.82, 2.24) is 5.32 Å². The number of carbonyl (C=O) groups excluding carboxylic acids is 4. The fourth-order valence-corrected chi connectivity index (χ4v) is 2.76. The highest BCUT2D eigenvalue weighted by molar-refractivity contribution is 5.97. The zero-order valence-corrected chi connectivity index (χ0v) is 17.1. The SMILES string of the molecule is CC(=O)c1cccc(NC(=O)CCCC(=O)OCC(=O)N[C@H](C)c2ccccc2)c1. The number of esters is 1. The Bertz CT molecular complexity index is 895. The van der Waals surface area contributed by atoms with E-state index in [1.165, 1.54) is 6.92 Å². The van der Waals surface area contributed by atoms with Crippen LogP contribution < -0.4 is 10.6 Å². The topological polar surface area (TPSA) is 102 Å². The molecule has 0 heterocycles. The van der Waals surface area contributed by atoms with Crippen molar-refractivity contribution in [3.8, 4) is 0 Å². The molecule has 0 unspecified atom stereocenters. The summed E-state index contributed by atoms with van der Waals surface area (Å²) in [4.78, 5) is 47.1. The van der Waals surface area contributed by atoms with Crippen molar-refractivity contribution >= 4 is 29.3 Å². The van der Waals surface area contributed by atoms with Gasteiger partial charge in [0.15, 0.2) is 12.4 Å². The van der Waals surface area contributed by atoms with Crippen molar-refractivity contribution in [3.05, 3.63) is 65.7 Å². The Labute approximate surface area is 175 Å². The summed E-state index contributed by atoms with van der Waals surface area (Å²) in [5.41, 5.74) is 1.99. The standard InChI is InChI=1S/C23H26N2O5/c1-16(18-8-4-3-5-9-18)24-22(28)15-30-23(29)13-7-12-21(27)25-20-11-6-10-19(14-20)17(2)26/h3-6,8-11,14,16H,7,12-13,15H2,1-2H3,(H,24,28)(H,25,27)/t16-/m1/s1. The minimum Gasteiger partial charge on any atom is -0.456 e. The van der Waals surface area contributed by atoms with Crippen LogP contribution in [-0.2, 0) is 19.1 Å². The number of ketones is 1. The van der Waals surface area contributed by atoms with E-state index in [0.717, 1.165) is 5.56 Å². The second-order valence-electron chi connectivity index (χ2n) is 6.90. The van der Waals surface area contributed by atoms with E-state index in [1.54, 1.807) is 24.3 Å². The maximum absolute atomic E-state index is 12.0. The molecular weight excluding hydrogens is 384 g/mol. The van der Waals surface area contributed by atoms with Crippen LogP contribution >= 0.6 is 0 Å². The molecule has 0 aliphatic carbocycles. The van der Waals surface area contributed by atoms with Gasteiger partial charge in [0.2, 0.25) is 5.91 Å². The summed E-state index contributed by atoms with van der Waals surface area (Å²) in [5.74, 6) is -1.28. The first-order chi connectivity index (χ1) is 14.3. The highest BCUT2D eigenvalue weighted by Crippen LogP contribution is 2.13. The highest BCUT2D eigenvalue weighted by Gasteiger charge is 2.12. The Morgan fingerprint density at radius 3 is 2.37 bits per heavy atom. The van der Waals surface area contributed by atoms with Crippen molar-refractivity contribution in [2.75, 3.05) is 11.9 Å². The molecule has 2 aromatic carbocycles. The number of rotatable bonds is 10. The van der Waals surface area contributed by atoms with Gasteiger partial charge in [0.1, 0.15) is 0 Å². The molecule has 0 radical (unpaired) electrons. The monoisotopic (exact) mass is 410 g/mol. The van der Waals surface area contributed by atoms with Crippen molar-refractivity contribution in [2.24, 2.45) is 0 Å². The molecule has 0 saturated carbocycles. The summed E-state index contributed by atoms with van der Waals surface area (Å²) in [6.45, 7) is 2.94. The van der Waals surface area contributed by atoms with Gasteiger partial charge in [0.25, 0.3) is 5.91 Å². The average Bonchev–Trinajstić information content (AvgIpc) is 2.73. The molecule has 158 valence electrons. The van der Waals surface area contributed by atoms with Crippen LogP contribution in [0, 0.1) is 0 Å². The molecule has 2 aromatic rings. The molecule has 7 nitrogen and oxygen atoms in total. The number of anilines is 1. The van der Waals surface area contributed by atoms with E-state index in [-0.39, 0.29) is 43.1 Å². The number of benzene rings is 2. The van der Waals surface area contributed by atoms with Crippen LogP contribution in [0.15, 0.2) is 54.6 Å². The van der Waals surface area contributed by atoms with Crippen molar-refractivity contribution in [3.63, 3.8) is 0 Å². The second kappa shape index (κ2) is 11.5. The number of hydrogen-bond acceptors (Lipinski definition) is 5. The number of carbonyl (C=O) groups is 4. The molecule has 0 aliphatic heterocycles. The zero-order valence-electron chi connectivity index (χ0n) is 17.1. The minimum absolute atomic E-state index is 0.0302. The van der Waals surface area contributed by atoms with Gasteiger partial charge in [-0.2, -0.15) is 0 Å².